The Balaban J connectivity index is 2.22. The van der Waals surface area contributed by atoms with Gasteiger partial charge in [0.25, 0.3) is 0 Å². The van der Waals surface area contributed by atoms with Crippen molar-refractivity contribution < 1.29 is 4.39 Å². The van der Waals surface area contributed by atoms with Crippen molar-refractivity contribution in [1.29, 1.82) is 0 Å². The van der Waals surface area contributed by atoms with Gasteiger partial charge in [-0.1, -0.05) is 61.7 Å². The van der Waals surface area contributed by atoms with Crippen LogP contribution in [0, 0.1) is 12.7 Å². The molecular weight excluding hydrogens is 394 g/mol. The van der Waals surface area contributed by atoms with Crippen molar-refractivity contribution in [2.45, 2.75) is 18.2 Å². The third-order valence-electron chi connectivity index (χ3n) is 2.94. The molecule has 1 unspecified atom stereocenters. The third-order valence-corrected chi connectivity index (χ3v) is 4.62. The third kappa shape index (κ3) is 3.80. The van der Waals surface area contributed by atoms with Crippen molar-refractivity contribution in [3.63, 3.8) is 0 Å². The average Bonchev–Trinajstić information content (AvgIpc) is 2.36. The number of benzene rings is 2. The molecule has 0 spiro atoms. The van der Waals surface area contributed by atoms with Crippen LogP contribution in [0.25, 0.3) is 0 Å². The summed E-state index contributed by atoms with van der Waals surface area (Å²) in [4.78, 5) is 0.0699. The summed E-state index contributed by atoms with van der Waals surface area (Å²) < 4.78 is 14.4. The number of halogens is 4. The molecule has 4 heteroatoms. The Hall–Kier alpha value is -0.380. The zero-order valence-corrected chi connectivity index (χ0v) is 14.2. The molecule has 0 amide bonds. The minimum absolute atomic E-state index is 0.0699. The molecule has 1 atom stereocenters. The number of hydrogen-bond acceptors (Lipinski definition) is 0. The molecule has 0 aliphatic rings. The van der Waals surface area contributed by atoms with Crippen molar-refractivity contribution in [2.24, 2.45) is 0 Å². The highest BCUT2D eigenvalue weighted by atomic mass is 79.9. The van der Waals surface area contributed by atoms with E-state index in [9.17, 15) is 4.39 Å². The number of alkyl halides is 1. The van der Waals surface area contributed by atoms with Crippen molar-refractivity contribution in [1.82, 2.24) is 0 Å². The molecule has 0 heterocycles. The Morgan fingerprint density at radius 1 is 1.21 bits per heavy atom. The second-order valence-corrected chi connectivity index (χ2v) is 6.85. The van der Waals surface area contributed by atoms with Gasteiger partial charge in [0.05, 0.1) is 0 Å². The number of rotatable bonds is 3. The van der Waals surface area contributed by atoms with Crippen LogP contribution < -0.4 is 0 Å². The van der Waals surface area contributed by atoms with Crippen LogP contribution in [0.4, 0.5) is 4.39 Å². The zero-order valence-electron chi connectivity index (χ0n) is 10.3. The number of aryl methyl sites for hydroxylation is 1. The van der Waals surface area contributed by atoms with Gasteiger partial charge >= 0.3 is 0 Å². The van der Waals surface area contributed by atoms with E-state index in [0.29, 0.717) is 10.6 Å². The van der Waals surface area contributed by atoms with Gasteiger partial charge < -0.3 is 0 Å². The van der Waals surface area contributed by atoms with Crippen LogP contribution in [0.15, 0.2) is 40.9 Å². The fraction of sp³-hybridized carbons (Fsp3) is 0.200. The van der Waals surface area contributed by atoms with E-state index in [-0.39, 0.29) is 10.6 Å². The minimum atomic E-state index is -0.267. The van der Waals surface area contributed by atoms with Gasteiger partial charge in [0.1, 0.15) is 5.82 Å². The van der Waals surface area contributed by atoms with E-state index in [2.05, 4.69) is 44.0 Å². The summed E-state index contributed by atoms with van der Waals surface area (Å²) in [6, 6.07) is 11.3. The van der Waals surface area contributed by atoms with Crippen molar-refractivity contribution in [2.75, 3.05) is 0 Å². The maximum Gasteiger partial charge on any atom is 0.127 e. The fourth-order valence-corrected chi connectivity index (χ4v) is 3.29. The van der Waals surface area contributed by atoms with Crippen LogP contribution in [0.1, 0.15) is 21.5 Å². The summed E-state index contributed by atoms with van der Waals surface area (Å²) >= 11 is 13.2. The van der Waals surface area contributed by atoms with E-state index in [0.717, 1.165) is 16.5 Å². The quantitative estimate of drug-likeness (QED) is 0.530. The first-order valence-corrected chi connectivity index (χ1v) is 7.90. The molecule has 2 aromatic rings. The first-order valence-electron chi connectivity index (χ1n) is 5.81. The molecule has 0 nitrogen and oxygen atoms in total. The maximum absolute atomic E-state index is 13.4. The Kier molecular flexibility index (Phi) is 5.04. The summed E-state index contributed by atoms with van der Waals surface area (Å²) in [6.45, 7) is 1.74. The smallest absolute Gasteiger partial charge is 0.127 e. The van der Waals surface area contributed by atoms with Crippen LogP contribution in [-0.4, -0.2) is 0 Å². The first-order chi connectivity index (χ1) is 8.97. The van der Waals surface area contributed by atoms with E-state index >= 15 is 0 Å². The molecule has 0 saturated heterocycles. The fourth-order valence-electron chi connectivity index (χ4n) is 1.86. The standard InChI is InChI=1S/C15H12Br2ClF/c1-9-6-12(14(18)8-15(9)19)13(17)7-10-2-4-11(16)5-3-10/h2-6,8,13H,7H2,1H3. The summed E-state index contributed by atoms with van der Waals surface area (Å²) in [6.07, 6.45) is 0.804. The lowest BCUT2D eigenvalue weighted by Gasteiger charge is -2.13. The van der Waals surface area contributed by atoms with Gasteiger partial charge in [0.15, 0.2) is 0 Å². The zero-order chi connectivity index (χ0) is 14.0. The highest BCUT2D eigenvalue weighted by molar-refractivity contribution is 9.10. The maximum atomic E-state index is 13.4. The largest absolute Gasteiger partial charge is 0.207 e. The van der Waals surface area contributed by atoms with Gasteiger partial charge in [0.2, 0.25) is 0 Å². The monoisotopic (exact) mass is 404 g/mol. The highest BCUT2D eigenvalue weighted by Gasteiger charge is 2.14. The van der Waals surface area contributed by atoms with Crippen LogP contribution in [-0.2, 0) is 6.42 Å². The lowest BCUT2D eigenvalue weighted by atomic mass is 10.0. The lowest BCUT2D eigenvalue weighted by Crippen LogP contribution is -1.98. The van der Waals surface area contributed by atoms with E-state index in [1.165, 1.54) is 11.6 Å². The second-order valence-electron chi connectivity index (χ2n) is 4.42. The van der Waals surface area contributed by atoms with Gasteiger partial charge in [-0.15, -0.1) is 0 Å². The lowest BCUT2D eigenvalue weighted by molar-refractivity contribution is 0.617. The molecule has 100 valence electrons. The van der Waals surface area contributed by atoms with Crippen molar-refractivity contribution >= 4 is 43.5 Å². The molecule has 0 radical (unpaired) electrons. The molecule has 0 saturated carbocycles. The van der Waals surface area contributed by atoms with E-state index in [1.54, 1.807) is 13.0 Å². The van der Waals surface area contributed by atoms with Gasteiger partial charge in [-0.05, 0) is 48.2 Å². The average molecular weight is 407 g/mol. The van der Waals surface area contributed by atoms with Crippen LogP contribution in [0.2, 0.25) is 5.02 Å². The van der Waals surface area contributed by atoms with Gasteiger partial charge in [-0.25, -0.2) is 4.39 Å². The molecule has 0 aromatic heterocycles. The molecule has 0 aliphatic carbocycles. The normalized spacial score (nSPS) is 12.5. The Bertz CT molecular complexity index is 581. The molecule has 0 N–H and O–H groups in total. The van der Waals surface area contributed by atoms with E-state index < -0.39 is 0 Å². The van der Waals surface area contributed by atoms with Crippen LogP contribution in [0.5, 0.6) is 0 Å². The predicted molar refractivity (Wildman–Crippen MR) is 85.7 cm³/mol. The summed E-state index contributed by atoms with van der Waals surface area (Å²) in [5, 5.41) is 0.460. The van der Waals surface area contributed by atoms with Gasteiger partial charge in [0, 0.05) is 14.3 Å². The van der Waals surface area contributed by atoms with Crippen LogP contribution >= 0.6 is 43.5 Å². The summed E-state index contributed by atoms with van der Waals surface area (Å²) in [5.41, 5.74) is 2.73. The van der Waals surface area contributed by atoms with E-state index in [4.69, 9.17) is 11.6 Å². The SMILES string of the molecule is Cc1cc(C(Br)Cc2ccc(Br)cc2)c(Cl)cc1F. The Morgan fingerprint density at radius 2 is 1.84 bits per heavy atom. The van der Waals surface area contributed by atoms with Crippen molar-refractivity contribution in [3.05, 3.63) is 68.4 Å². The molecule has 2 rings (SSSR count). The molecule has 19 heavy (non-hydrogen) atoms. The topological polar surface area (TPSA) is 0 Å². The Morgan fingerprint density at radius 3 is 2.47 bits per heavy atom. The molecular formula is C15H12Br2ClF. The van der Waals surface area contributed by atoms with E-state index in [1.807, 2.05) is 12.1 Å². The molecule has 2 aromatic carbocycles. The van der Waals surface area contributed by atoms with Gasteiger partial charge in [-0.3, -0.25) is 0 Å². The summed E-state index contributed by atoms with van der Waals surface area (Å²) in [5.74, 6) is -0.267. The molecule has 0 bridgehead atoms. The van der Waals surface area contributed by atoms with Crippen molar-refractivity contribution in [3.8, 4) is 0 Å². The first kappa shape index (κ1) is 15.0. The van der Waals surface area contributed by atoms with Gasteiger partial charge in [-0.2, -0.15) is 0 Å². The minimum Gasteiger partial charge on any atom is -0.207 e. The summed E-state index contributed by atoms with van der Waals surface area (Å²) in [7, 11) is 0. The Labute approximate surface area is 134 Å². The number of hydrogen-bond donors (Lipinski definition) is 0. The molecule has 0 aliphatic heterocycles. The highest BCUT2D eigenvalue weighted by Crippen LogP contribution is 2.34. The molecule has 0 fully saturated rings. The second kappa shape index (κ2) is 6.38. The van der Waals surface area contributed by atoms with Crippen LogP contribution in [0.3, 0.4) is 0 Å². The predicted octanol–water partition coefficient (Wildman–Crippen LogP) is 6.23.